The molecule has 0 fully saturated rings. The van der Waals surface area contributed by atoms with Gasteiger partial charge in [0.1, 0.15) is 11.4 Å². The number of fused-ring (bicyclic) bond motifs is 1. The second kappa shape index (κ2) is 8.87. The molecular formula is C24H21N3O5S. The number of nitrogens with zero attached hydrogens (tertiary/aromatic N) is 1. The van der Waals surface area contributed by atoms with Crippen LogP contribution in [0.1, 0.15) is 39.2 Å². The molecule has 0 unspecified atom stereocenters. The Morgan fingerprint density at radius 1 is 0.909 bits per heavy atom. The highest BCUT2D eigenvalue weighted by Gasteiger charge is 2.41. The fraction of sp³-hybridized carbons (Fsp3) is 0.125. The summed E-state index contributed by atoms with van der Waals surface area (Å²) in [5.41, 5.74) is 1.37. The Bertz CT molecular complexity index is 1340. The summed E-state index contributed by atoms with van der Waals surface area (Å²) in [5, 5.41) is 5.44. The number of para-hydroxylation sites is 1. The van der Waals surface area contributed by atoms with Crippen LogP contribution in [-0.4, -0.2) is 37.0 Å². The highest BCUT2D eigenvalue weighted by atomic mass is 32.2. The van der Waals surface area contributed by atoms with Crippen molar-refractivity contribution in [3.05, 3.63) is 95.6 Å². The van der Waals surface area contributed by atoms with Gasteiger partial charge in [-0.3, -0.25) is 14.4 Å². The van der Waals surface area contributed by atoms with Crippen molar-refractivity contribution in [1.29, 1.82) is 0 Å². The van der Waals surface area contributed by atoms with Crippen LogP contribution in [0.5, 0.6) is 0 Å². The smallest absolute Gasteiger partial charge is 0.269 e. The lowest BCUT2D eigenvalue weighted by molar-refractivity contribution is -0.116. The van der Waals surface area contributed by atoms with Gasteiger partial charge in [0.2, 0.25) is 5.91 Å². The molecule has 3 amide bonds. The van der Waals surface area contributed by atoms with Gasteiger partial charge >= 0.3 is 0 Å². The van der Waals surface area contributed by atoms with Crippen LogP contribution in [0.4, 0.5) is 5.69 Å². The molecule has 0 radical (unpaired) electrons. The molecule has 1 aliphatic heterocycles. The van der Waals surface area contributed by atoms with Crippen LogP contribution in [0.2, 0.25) is 0 Å². The van der Waals surface area contributed by atoms with Crippen LogP contribution >= 0.6 is 0 Å². The standard InChI is InChI=1S/C24H21N3O5S/c1-16(17-9-3-2-4-10-17)25-23(29)18-11-5-7-13-20(18)26-22(28)15-27-24(30)19-12-6-8-14-21(19)33(27,31)32/h2-14,16H,15H2,1H3,(H,25,29)(H,26,28)/t16-/m1/s1. The molecule has 3 aromatic carbocycles. The first-order valence-electron chi connectivity index (χ1n) is 10.2. The van der Waals surface area contributed by atoms with Crippen molar-refractivity contribution in [2.24, 2.45) is 0 Å². The predicted molar refractivity (Wildman–Crippen MR) is 122 cm³/mol. The van der Waals surface area contributed by atoms with Gasteiger partial charge < -0.3 is 10.6 Å². The van der Waals surface area contributed by atoms with Gasteiger partial charge in [0.15, 0.2) is 0 Å². The van der Waals surface area contributed by atoms with Gasteiger partial charge in [-0.2, -0.15) is 0 Å². The number of hydrogen-bond acceptors (Lipinski definition) is 5. The summed E-state index contributed by atoms with van der Waals surface area (Å²) in [6.45, 7) is 1.14. The number of amides is 3. The average molecular weight is 464 g/mol. The van der Waals surface area contributed by atoms with Gasteiger partial charge in [0.25, 0.3) is 21.8 Å². The molecule has 0 aromatic heterocycles. The molecule has 0 bridgehead atoms. The zero-order valence-electron chi connectivity index (χ0n) is 17.7. The SMILES string of the molecule is C[C@@H](NC(=O)c1ccccc1NC(=O)CN1C(=O)c2ccccc2S1(=O)=O)c1ccccc1. The van der Waals surface area contributed by atoms with Gasteiger partial charge in [0.05, 0.1) is 22.9 Å². The molecule has 0 saturated heterocycles. The van der Waals surface area contributed by atoms with Gasteiger partial charge in [-0.15, -0.1) is 0 Å². The molecule has 8 nitrogen and oxygen atoms in total. The maximum absolute atomic E-state index is 12.9. The quantitative estimate of drug-likeness (QED) is 0.584. The second-order valence-electron chi connectivity index (χ2n) is 7.51. The minimum absolute atomic E-state index is 0.0278. The monoisotopic (exact) mass is 463 g/mol. The van der Waals surface area contributed by atoms with Crippen molar-refractivity contribution in [3.63, 3.8) is 0 Å². The molecule has 4 rings (SSSR count). The Kier molecular flexibility index (Phi) is 5.97. The van der Waals surface area contributed by atoms with Crippen molar-refractivity contribution >= 4 is 33.4 Å². The van der Waals surface area contributed by atoms with Gasteiger partial charge in [-0.25, -0.2) is 12.7 Å². The summed E-state index contributed by atoms with van der Waals surface area (Å²) < 4.78 is 25.9. The van der Waals surface area contributed by atoms with E-state index in [-0.39, 0.29) is 27.8 Å². The average Bonchev–Trinajstić information content (AvgIpc) is 3.00. The number of hydrogen-bond donors (Lipinski definition) is 2. The van der Waals surface area contributed by atoms with E-state index in [1.165, 1.54) is 24.3 Å². The van der Waals surface area contributed by atoms with E-state index in [1.54, 1.807) is 24.3 Å². The first-order chi connectivity index (χ1) is 15.8. The highest BCUT2D eigenvalue weighted by Crippen LogP contribution is 2.29. The Hall–Kier alpha value is -3.98. The third kappa shape index (κ3) is 4.35. The van der Waals surface area contributed by atoms with Crippen LogP contribution in [0.3, 0.4) is 0 Å². The van der Waals surface area contributed by atoms with E-state index in [0.29, 0.717) is 4.31 Å². The molecule has 3 aromatic rings. The van der Waals surface area contributed by atoms with Crippen LogP contribution in [0.15, 0.2) is 83.8 Å². The van der Waals surface area contributed by atoms with E-state index in [4.69, 9.17) is 0 Å². The Morgan fingerprint density at radius 2 is 1.55 bits per heavy atom. The molecule has 168 valence electrons. The zero-order chi connectivity index (χ0) is 23.6. The molecule has 0 spiro atoms. The molecule has 1 heterocycles. The van der Waals surface area contributed by atoms with Crippen LogP contribution in [-0.2, 0) is 14.8 Å². The highest BCUT2D eigenvalue weighted by molar-refractivity contribution is 7.90. The maximum atomic E-state index is 12.9. The van der Waals surface area contributed by atoms with Gasteiger partial charge in [-0.1, -0.05) is 54.6 Å². The molecule has 0 aliphatic carbocycles. The summed E-state index contributed by atoms with van der Waals surface area (Å²) in [7, 11) is -4.11. The molecule has 2 N–H and O–H groups in total. The van der Waals surface area contributed by atoms with Crippen molar-refractivity contribution in [2.45, 2.75) is 17.9 Å². The summed E-state index contributed by atoms with van der Waals surface area (Å²) >= 11 is 0. The number of anilines is 1. The summed E-state index contributed by atoms with van der Waals surface area (Å²) in [5.74, 6) is -1.90. The summed E-state index contributed by atoms with van der Waals surface area (Å²) in [6.07, 6.45) is 0. The molecule has 0 saturated carbocycles. The molecular weight excluding hydrogens is 442 g/mol. The summed E-state index contributed by atoms with van der Waals surface area (Å²) in [6, 6.07) is 21.3. The lowest BCUT2D eigenvalue weighted by Crippen LogP contribution is -2.37. The fourth-order valence-electron chi connectivity index (χ4n) is 3.60. The Balaban J connectivity index is 1.49. The topological polar surface area (TPSA) is 113 Å². The van der Waals surface area contributed by atoms with Crippen molar-refractivity contribution < 1.29 is 22.8 Å². The minimum Gasteiger partial charge on any atom is -0.345 e. The minimum atomic E-state index is -4.11. The van der Waals surface area contributed by atoms with Gasteiger partial charge in [-0.05, 0) is 36.8 Å². The molecule has 9 heteroatoms. The van der Waals surface area contributed by atoms with Gasteiger partial charge in [0, 0.05) is 0 Å². The number of nitrogens with one attached hydrogen (secondary N) is 2. The third-order valence-corrected chi connectivity index (χ3v) is 7.08. The largest absolute Gasteiger partial charge is 0.345 e. The third-order valence-electron chi connectivity index (χ3n) is 5.29. The second-order valence-corrected chi connectivity index (χ2v) is 9.34. The van der Waals surface area contributed by atoms with E-state index >= 15 is 0 Å². The first kappa shape index (κ1) is 22.2. The molecule has 1 atom stereocenters. The fourth-order valence-corrected chi connectivity index (χ4v) is 5.12. The molecule has 33 heavy (non-hydrogen) atoms. The van der Waals surface area contributed by atoms with Crippen molar-refractivity contribution in [3.8, 4) is 0 Å². The number of sulfonamides is 1. The van der Waals surface area contributed by atoms with Crippen LogP contribution in [0, 0.1) is 0 Å². The predicted octanol–water partition coefficient (Wildman–Crippen LogP) is 2.96. The normalized spacial score (nSPS) is 14.9. The molecule has 1 aliphatic rings. The van der Waals surface area contributed by atoms with E-state index in [9.17, 15) is 22.8 Å². The Labute approximate surface area is 191 Å². The van der Waals surface area contributed by atoms with Crippen LogP contribution in [0.25, 0.3) is 0 Å². The first-order valence-corrected chi connectivity index (χ1v) is 11.6. The number of carbonyl (C=O) groups excluding carboxylic acids is 3. The van der Waals surface area contributed by atoms with Crippen LogP contribution < -0.4 is 10.6 Å². The lowest BCUT2D eigenvalue weighted by Gasteiger charge is -2.18. The van der Waals surface area contributed by atoms with E-state index in [2.05, 4.69) is 10.6 Å². The van der Waals surface area contributed by atoms with E-state index in [1.807, 2.05) is 37.3 Å². The number of rotatable bonds is 6. The number of carbonyl (C=O) groups is 3. The van der Waals surface area contributed by atoms with Crippen molar-refractivity contribution in [1.82, 2.24) is 9.62 Å². The zero-order valence-corrected chi connectivity index (χ0v) is 18.5. The van der Waals surface area contributed by atoms with E-state index in [0.717, 1.165) is 5.56 Å². The summed E-state index contributed by atoms with van der Waals surface area (Å²) in [4.78, 5) is 37.9. The van der Waals surface area contributed by atoms with E-state index < -0.39 is 34.3 Å². The maximum Gasteiger partial charge on any atom is 0.269 e. The lowest BCUT2D eigenvalue weighted by atomic mass is 10.1. The van der Waals surface area contributed by atoms with Crippen molar-refractivity contribution in [2.75, 3.05) is 11.9 Å². The number of benzene rings is 3. The Morgan fingerprint density at radius 3 is 2.27 bits per heavy atom.